The molecule has 1 amide bonds. The lowest BCUT2D eigenvalue weighted by Gasteiger charge is -2.29. The topological polar surface area (TPSA) is 105 Å². The van der Waals surface area contributed by atoms with Gasteiger partial charge in [0.25, 0.3) is 15.9 Å². The summed E-state index contributed by atoms with van der Waals surface area (Å²) in [6, 6.07) is 5.14. The number of esters is 1. The maximum Gasteiger partial charge on any atom is 0.338 e. The number of hydrogen-bond donors (Lipinski definition) is 1. The minimum Gasteiger partial charge on any atom is -0.449 e. The van der Waals surface area contributed by atoms with E-state index in [1.807, 2.05) is 11.8 Å². The van der Waals surface area contributed by atoms with Crippen LogP contribution in [0.15, 0.2) is 27.5 Å². The Hall–Kier alpha value is -2.07. The molecular weight excluding hydrogens is 450 g/mol. The first-order valence-corrected chi connectivity index (χ1v) is 13.6. The molecule has 4 aliphatic rings. The number of thioether (sulfide) groups is 1. The number of nitrogens with one attached hydrogen (secondary N) is 1. The highest BCUT2D eigenvalue weighted by molar-refractivity contribution is 8.15. The predicted octanol–water partition coefficient (Wildman–Crippen LogP) is 2.78. The Kier molecular flexibility index (Phi) is 5.48. The maximum absolute atomic E-state index is 12.7. The van der Waals surface area contributed by atoms with Crippen LogP contribution in [0.25, 0.3) is 0 Å². The van der Waals surface area contributed by atoms with Gasteiger partial charge in [0.05, 0.1) is 17.0 Å². The van der Waals surface area contributed by atoms with Crippen molar-refractivity contribution in [3.8, 4) is 0 Å². The number of carbonyl (C=O) groups is 2. The summed E-state index contributed by atoms with van der Waals surface area (Å²) in [5, 5.41) is 3.45. The van der Waals surface area contributed by atoms with Gasteiger partial charge in [-0.1, -0.05) is 6.42 Å². The number of anilines is 1. The molecule has 8 nitrogen and oxygen atoms in total. The summed E-state index contributed by atoms with van der Waals surface area (Å²) in [7, 11) is -3.44. The van der Waals surface area contributed by atoms with Gasteiger partial charge < -0.3 is 15.0 Å². The second kappa shape index (κ2) is 8.06. The molecule has 0 spiro atoms. The van der Waals surface area contributed by atoms with Crippen molar-refractivity contribution in [2.75, 3.05) is 17.2 Å². The molecule has 2 aliphatic heterocycles. The van der Waals surface area contributed by atoms with E-state index >= 15 is 0 Å². The Balaban J connectivity index is 1.21. The van der Waals surface area contributed by atoms with Crippen molar-refractivity contribution < 1.29 is 22.7 Å². The molecular formula is C22H27N3O5S2. The fourth-order valence-corrected chi connectivity index (χ4v) is 7.79. The van der Waals surface area contributed by atoms with Crippen LogP contribution in [0.1, 0.15) is 49.9 Å². The van der Waals surface area contributed by atoms with Crippen LogP contribution in [0.3, 0.4) is 0 Å². The van der Waals surface area contributed by atoms with E-state index in [2.05, 4.69) is 9.71 Å². The van der Waals surface area contributed by atoms with Crippen molar-refractivity contribution in [2.45, 2.75) is 56.6 Å². The van der Waals surface area contributed by atoms with Crippen LogP contribution < -0.4 is 10.2 Å². The number of carbonyl (C=O) groups excluding carboxylic acids is 2. The van der Waals surface area contributed by atoms with Crippen LogP contribution in [-0.2, 0) is 19.6 Å². The monoisotopic (exact) mass is 477 g/mol. The molecule has 0 aromatic heterocycles. The average Bonchev–Trinajstić information content (AvgIpc) is 3.45. The van der Waals surface area contributed by atoms with E-state index < -0.39 is 22.1 Å². The Bertz CT molecular complexity index is 1100. The van der Waals surface area contributed by atoms with Gasteiger partial charge in [-0.15, -0.1) is 4.40 Å². The third kappa shape index (κ3) is 4.03. The molecule has 2 fully saturated rings. The molecule has 2 aliphatic carbocycles. The Morgan fingerprint density at radius 1 is 1.25 bits per heavy atom. The van der Waals surface area contributed by atoms with E-state index in [9.17, 15) is 18.0 Å². The van der Waals surface area contributed by atoms with E-state index in [1.54, 1.807) is 25.1 Å². The van der Waals surface area contributed by atoms with Crippen LogP contribution >= 0.6 is 11.8 Å². The van der Waals surface area contributed by atoms with Gasteiger partial charge >= 0.3 is 5.97 Å². The zero-order chi connectivity index (χ0) is 22.6. The summed E-state index contributed by atoms with van der Waals surface area (Å²) >= 11 is 1.22. The summed E-state index contributed by atoms with van der Waals surface area (Å²) in [6.07, 6.45) is 4.13. The quantitative estimate of drug-likeness (QED) is 0.650. The Morgan fingerprint density at radius 3 is 2.78 bits per heavy atom. The van der Waals surface area contributed by atoms with Crippen molar-refractivity contribution in [3.05, 3.63) is 23.8 Å². The van der Waals surface area contributed by atoms with E-state index in [4.69, 9.17) is 4.74 Å². The summed E-state index contributed by atoms with van der Waals surface area (Å²) < 4.78 is 32.8. The van der Waals surface area contributed by atoms with Crippen molar-refractivity contribution in [1.29, 1.82) is 0 Å². The molecule has 1 N–H and O–H groups in total. The zero-order valence-corrected chi connectivity index (χ0v) is 19.7. The van der Waals surface area contributed by atoms with Gasteiger partial charge in [0.2, 0.25) is 0 Å². The lowest BCUT2D eigenvalue weighted by Crippen LogP contribution is -2.45. The first-order valence-electron chi connectivity index (χ1n) is 11.1. The number of ether oxygens (including phenoxy) is 1. The van der Waals surface area contributed by atoms with Crippen LogP contribution in [-0.4, -0.2) is 49.9 Å². The number of amides is 1. The molecule has 32 heavy (non-hydrogen) atoms. The highest BCUT2D eigenvalue weighted by Crippen LogP contribution is 2.49. The van der Waals surface area contributed by atoms with Crippen molar-refractivity contribution in [2.24, 2.45) is 22.2 Å². The summed E-state index contributed by atoms with van der Waals surface area (Å²) in [4.78, 5) is 27.9. The van der Waals surface area contributed by atoms with Gasteiger partial charge in [0, 0.05) is 17.5 Å². The van der Waals surface area contributed by atoms with Crippen molar-refractivity contribution in [1.82, 2.24) is 5.32 Å². The molecule has 0 saturated heterocycles. The van der Waals surface area contributed by atoms with Crippen LogP contribution in [0.5, 0.6) is 0 Å². The molecule has 2 saturated carbocycles. The summed E-state index contributed by atoms with van der Waals surface area (Å²) in [6.45, 7) is 3.97. The maximum atomic E-state index is 12.7. The van der Waals surface area contributed by atoms with E-state index in [-0.39, 0.29) is 17.7 Å². The first-order chi connectivity index (χ1) is 15.2. The first kappa shape index (κ1) is 21.8. The molecule has 1 aromatic rings. The van der Waals surface area contributed by atoms with E-state index in [0.717, 1.165) is 16.5 Å². The lowest BCUT2D eigenvalue weighted by atomic mass is 9.84. The van der Waals surface area contributed by atoms with Crippen LogP contribution in [0.4, 0.5) is 5.69 Å². The van der Waals surface area contributed by atoms with Crippen LogP contribution in [0, 0.1) is 17.8 Å². The Morgan fingerprint density at radius 2 is 2.06 bits per heavy atom. The van der Waals surface area contributed by atoms with Crippen LogP contribution in [0.2, 0.25) is 0 Å². The van der Waals surface area contributed by atoms with Gasteiger partial charge in [0.15, 0.2) is 11.3 Å². The number of benzene rings is 1. The highest BCUT2D eigenvalue weighted by Gasteiger charge is 2.42. The molecule has 5 rings (SSSR count). The highest BCUT2D eigenvalue weighted by atomic mass is 32.2. The standard InChI is InChI=1S/C22H27N3O5S2/c1-12(17-10-14-3-4-15(17)9-14)23-20(26)13(2)30-21(27)16-5-6-18-19(11-16)31-22-24-32(28,29)8-7-25(18)22/h5-6,11-15,17H,3-4,7-10H2,1-2H3,(H,23,26)/t12-,13+,14+,15+,17-/m1/s1. The summed E-state index contributed by atoms with van der Waals surface area (Å²) in [5.41, 5.74) is 1.14. The zero-order valence-electron chi connectivity index (χ0n) is 18.1. The normalized spacial score (nSPS) is 29.0. The van der Waals surface area contributed by atoms with Gasteiger partial charge in [-0.25, -0.2) is 13.2 Å². The molecule has 5 atom stereocenters. The molecule has 172 valence electrons. The summed E-state index contributed by atoms with van der Waals surface area (Å²) in [5.74, 6) is 1.14. The van der Waals surface area contributed by atoms with E-state index in [1.165, 1.54) is 37.4 Å². The van der Waals surface area contributed by atoms with E-state index in [0.29, 0.717) is 29.1 Å². The van der Waals surface area contributed by atoms with Gasteiger partial charge in [-0.3, -0.25) is 4.79 Å². The predicted molar refractivity (Wildman–Crippen MR) is 122 cm³/mol. The number of nitrogens with zero attached hydrogens (tertiary/aromatic N) is 2. The smallest absolute Gasteiger partial charge is 0.338 e. The number of sulfonamides is 1. The van der Waals surface area contributed by atoms with Gasteiger partial charge in [-0.05, 0) is 80.8 Å². The fraction of sp³-hybridized carbons (Fsp3) is 0.591. The number of amidine groups is 1. The molecule has 2 bridgehead atoms. The largest absolute Gasteiger partial charge is 0.449 e. The molecule has 0 unspecified atom stereocenters. The third-order valence-electron chi connectivity index (χ3n) is 7.17. The second-order valence-corrected chi connectivity index (χ2v) is 12.0. The Labute approximate surface area is 192 Å². The molecule has 2 heterocycles. The van der Waals surface area contributed by atoms with Crippen molar-refractivity contribution in [3.63, 3.8) is 0 Å². The van der Waals surface area contributed by atoms with Gasteiger partial charge in [-0.2, -0.15) is 0 Å². The molecule has 10 heteroatoms. The van der Waals surface area contributed by atoms with Crippen molar-refractivity contribution >= 4 is 44.5 Å². The third-order valence-corrected chi connectivity index (χ3v) is 9.47. The second-order valence-electron chi connectivity index (χ2n) is 9.28. The number of hydrogen-bond acceptors (Lipinski definition) is 7. The SMILES string of the molecule is C[C@H](OC(=O)c1ccc2c(c1)SC1=NS(=O)(=O)CCN12)C(=O)N[C@H](C)[C@H]1C[C@H]2CC[C@H]1C2. The fourth-order valence-electron chi connectivity index (χ4n) is 5.49. The average molecular weight is 478 g/mol. The molecule has 0 radical (unpaired) electrons. The number of fused-ring (bicyclic) bond motifs is 5. The number of rotatable bonds is 5. The van der Waals surface area contributed by atoms with Gasteiger partial charge in [0.1, 0.15) is 0 Å². The molecule has 1 aromatic carbocycles. The minimum atomic E-state index is -3.44. The minimum absolute atomic E-state index is 0.0341. The lowest BCUT2D eigenvalue weighted by molar-refractivity contribution is -0.130.